The van der Waals surface area contributed by atoms with Gasteiger partial charge in [0, 0.05) is 15.4 Å². The Kier molecular flexibility index (Phi) is 4.98. The number of carbonyl (C=O) groups excluding carboxylic acids is 1. The Labute approximate surface area is 199 Å². The van der Waals surface area contributed by atoms with Gasteiger partial charge in [-0.2, -0.15) is 13.2 Å². The first-order chi connectivity index (χ1) is 17.2. The van der Waals surface area contributed by atoms with Crippen LogP contribution in [-0.2, 0) is 11.0 Å². The molecule has 4 aromatic rings. The zero-order valence-corrected chi connectivity index (χ0v) is 17.6. The van der Waals surface area contributed by atoms with Crippen molar-refractivity contribution in [1.29, 1.82) is 0 Å². The predicted molar refractivity (Wildman–Crippen MR) is 118 cm³/mol. The van der Waals surface area contributed by atoms with Crippen LogP contribution in [0.5, 0.6) is 0 Å². The van der Waals surface area contributed by atoms with Crippen LogP contribution in [0.4, 0.5) is 29.1 Å². The molecule has 176 valence electrons. The molecule has 0 radical (unpaired) electrons. The Morgan fingerprint density at radius 1 is 1.29 bits per heavy atom. The first-order valence-corrected chi connectivity index (χ1v) is 9.85. The number of aliphatic hydroxyl groups is 1. The van der Waals surface area contributed by atoms with E-state index >= 15 is 4.39 Å². The molecule has 0 spiro atoms. The van der Waals surface area contributed by atoms with Crippen LogP contribution in [-0.4, -0.2) is 25.4 Å². The highest BCUT2D eigenvalue weighted by molar-refractivity contribution is 6.29. The summed E-state index contributed by atoms with van der Waals surface area (Å²) < 4.78 is 78.1. The molecule has 1 atom stereocenters. The molecule has 0 aliphatic heterocycles. The average molecular weight is 497 g/mol. The molecule has 0 aliphatic rings. The first kappa shape index (κ1) is 19.7. The van der Waals surface area contributed by atoms with Crippen LogP contribution in [0.1, 0.15) is 27.2 Å². The van der Waals surface area contributed by atoms with E-state index in [9.17, 15) is 23.1 Å². The highest BCUT2D eigenvalue weighted by Gasteiger charge is 2.31. The van der Waals surface area contributed by atoms with Crippen LogP contribution in [0, 0.1) is 12.7 Å². The van der Waals surface area contributed by atoms with Crippen LogP contribution in [0.2, 0.25) is 5.15 Å². The number of halogens is 5. The molecule has 4 N–H and O–H groups in total. The molecule has 34 heavy (non-hydrogen) atoms. The van der Waals surface area contributed by atoms with E-state index in [1.54, 1.807) is 0 Å². The molecule has 0 bridgehead atoms. The molecule has 2 aromatic carbocycles. The number of nitrogens with one attached hydrogen (secondary N) is 1. The lowest BCUT2D eigenvalue weighted by atomic mass is 10.0. The van der Waals surface area contributed by atoms with Gasteiger partial charge >= 0.3 is 6.18 Å². The van der Waals surface area contributed by atoms with Crippen molar-refractivity contribution in [1.82, 2.24) is 14.4 Å². The van der Waals surface area contributed by atoms with Crippen molar-refractivity contribution in [3.63, 3.8) is 0 Å². The van der Waals surface area contributed by atoms with Gasteiger partial charge in [0.15, 0.2) is 6.10 Å². The van der Waals surface area contributed by atoms with Gasteiger partial charge in [-0.1, -0.05) is 23.7 Å². The number of benzene rings is 2. The Hall–Kier alpha value is -3.70. The molecule has 1 amide bonds. The van der Waals surface area contributed by atoms with Gasteiger partial charge < -0.3 is 16.2 Å². The van der Waals surface area contributed by atoms with Crippen molar-refractivity contribution in [3.05, 3.63) is 76.6 Å². The minimum atomic E-state index is -4.68. The molecular formula is C22H16ClF4N5O2. The summed E-state index contributed by atoms with van der Waals surface area (Å²) in [5.74, 6) is -2.70. The third-order valence-electron chi connectivity index (χ3n) is 4.91. The number of fused-ring (bicyclic) bond motifs is 1. The third-order valence-corrected chi connectivity index (χ3v) is 5.18. The number of carbonyl (C=O) groups is 1. The van der Waals surface area contributed by atoms with E-state index in [1.807, 2.05) is 0 Å². The molecule has 0 fully saturated rings. The summed E-state index contributed by atoms with van der Waals surface area (Å²) in [4.78, 5) is 20.3. The van der Waals surface area contributed by atoms with Crippen molar-refractivity contribution < 1.29 is 31.6 Å². The summed E-state index contributed by atoms with van der Waals surface area (Å²) in [5.41, 5.74) is 3.99. The van der Waals surface area contributed by atoms with Crippen LogP contribution in [0.3, 0.4) is 0 Å². The number of amides is 1. The molecule has 2 heterocycles. The Morgan fingerprint density at radius 2 is 2.06 bits per heavy atom. The number of hydrogen-bond donors (Lipinski definition) is 3. The number of alkyl halides is 3. The zero-order chi connectivity index (χ0) is 27.3. The number of imidazole rings is 1. The van der Waals surface area contributed by atoms with Crippen LogP contribution in [0.25, 0.3) is 16.8 Å². The van der Waals surface area contributed by atoms with Crippen molar-refractivity contribution in [2.75, 3.05) is 11.1 Å². The monoisotopic (exact) mass is 496 g/mol. The molecule has 7 nitrogen and oxygen atoms in total. The van der Waals surface area contributed by atoms with Gasteiger partial charge in [0.1, 0.15) is 33.8 Å². The second-order valence-electron chi connectivity index (χ2n) is 7.14. The topological polar surface area (TPSA) is 106 Å². The van der Waals surface area contributed by atoms with Crippen LogP contribution < -0.4 is 11.1 Å². The van der Waals surface area contributed by atoms with Gasteiger partial charge in [-0.3, -0.25) is 9.20 Å². The largest absolute Gasteiger partial charge is 0.416 e. The minimum Gasteiger partial charge on any atom is -0.382 e. The number of anilines is 2. The van der Waals surface area contributed by atoms with E-state index in [4.69, 9.17) is 21.4 Å². The van der Waals surface area contributed by atoms with Gasteiger partial charge in [0.2, 0.25) is 0 Å². The predicted octanol–water partition coefficient (Wildman–Crippen LogP) is 4.77. The fourth-order valence-corrected chi connectivity index (χ4v) is 3.54. The highest BCUT2D eigenvalue weighted by atomic mass is 35.5. The standard InChI is InChI=1S/C22H16ClF4N5O2/c1-10-30-17(18-20(28)29-9-16(23)32(10)18)14-6-5-13(8-15(14)24)31-21(34)19(33)11-3-2-4-12(7-11)22(25,26)27/h2-9,19,33H,1H3,(H2,28,29)(H,31,34)/i1D3. The van der Waals surface area contributed by atoms with E-state index in [2.05, 4.69) is 15.3 Å². The van der Waals surface area contributed by atoms with Gasteiger partial charge in [-0.05, 0) is 42.7 Å². The van der Waals surface area contributed by atoms with Crippen LogP contribution >= 0.6 is 11.6 Å². The van der Waals surface area contributed by atoms with Crippen molar-refractivity contribution >= 4 is 34.5 Å². The fraction of sp³-hybridized carbons (Fsp3) is 0.136. The third kappa shape index (κ3) is 4.27. The summed E-state index contributed by atoms with van der Waals surface area (Å²) in [7, 11) is 0. The minimum absolute atomic E-state index is 0.0470. The SMILES string of the molecule is [2H]C([2H])([2H])c1nc(-c2ccc(NC(=O)C(O)c3cccc(C(F)(F)F)c3)cc2F)c2c(N)ncc(Cl)n12. The maximum atomic E-state index is 15.1. The Morgan fingerprint density at radius 3 is 2.74 bits per heavy atom. The molecule has 1 unspecified atom stereocenters. The zero-order valence-electron chi connectivity index (χ0n) is 19.9. The maximum Gasteiger partial charge on any atom is 0.416 e. The average Bonchev–Trinajstić information content (AvgIpc) is 3.23. The second-order valence-corrected chi connectivity index (χ2v) is 7.53. The number of nitrogens with two attached hydrogens (primary N) is 1. The highest BCUT2D eigenvalue weighted by Crippen LogP contribution is 2.34. The van der Waals surface area contributed by atoms with Gasteiger partial charge in [0.05, 0.1) is 11.8 Å². The molecule has 2 aromatic heterocycles. The van der Waals surface area contributed by atoms with Crippen LogP contribution in [0.15, 0.2) is 48.7 Å². The number of hydrogen-bond acceptors (Lipinski definition) is 5. The fourth-order valence-electron chi connectivity index (χ4n) is 3.33. The Balaban J connectivity index is 1.67. The number of aliphatic hydroxyl groups excluding tert-OH is 1. The molecule has 0 saturated carbocycles. The van der Waals surface area contributed by atoms with E-state index in [0.717, 1.165) is 34.9 Å². The number of rotatable bonds is 4. The number of aryl methyl sites for hydroxylation is 1. The lowest BCUT2D eigenvalue weighted by molar-refractivity contribution is -0.138. The molecule has 12 heteroatoms. The van der Waals surface area contributed by atoms with Crippen molar-refractivity contribution in [3.8, 4) is 11.3 Å². The van der Waals surface area contributed by atoms with Crippen molar-refractivity contribution in [2.45, 2.75) is 19.1 Å². The summed E-state index contributed by atoms with van der Waals surface area (Å²) in [6.45, 7) is -2.73. The lowest BCUT2D eigenvalue weighted by Gasteiger charge is -2.14. The summed E-state index contributed by atoms with van der Waals surface area (Å²) >= 11 is 6.11. The van der Waals surface area contributed by atoms with Crippen molar-refractivity contribution in [2.24, 2.45) is 0 Å². The maximum absolute atomic E-state index is 15.1. The van der Waals surface area contributed by atoms with Gasteiger partial charge in [0.25, 0.3) is 5.91 Å². The Bertz CT molecular complexity index is 1520. The van der Waals surface area contributed by atoms with Gasteiger partial charge in [-0.25, -0.2) is 14.4 Å². The van der Waals surface area contributed by atoms with E-state index in [-0.39, 0.29) is 39.0 Å². The number of nitrogens with zero attached hydrogens (tertiary/aromatic N) is 3. The summed E-state index contributed by atoms with van der Waals surface area (Å²) in [5, 5.41) is 12.3. The smallest absolute Gasteiger partial charge is 0.382 e. The lowest BCUT2D eigenvalue weighted by Crippen LogP contribution is -2.21. The number of nitrogen functional groups attached to an aromatic ring is 1. The second kappa shape index (κ2) is 8.58. The molecule has 4 rings (SSSR count). The molecular weight excluding hydrogens is 478 g/mol. The van der Waals surface area contributed by atoms with E-state index < -0.39 is 42.2 Å². The van der Waals surface area contributed by atoms with E-state index in [1.165, 1.54) is 12.1 Å². The normalized spacial score (nSPS) is 14.4. The first-order valence-electron chi connectivity index (χ1n) is 11.0. The van der Waals surface area contributed by atoms with E-state index in [0.29, 0.717) is 6.07 Å². The molecule has 0 saturated heterocycles. The molecule has 0 aliphatic carbocycles. The summed E-state index contributed by atoms with van der Waals surface area (Å²) in [6.07, 6.45) is -5.53. The number of aromatic nitrogens is 3. The summed E-state index contributed by atoms with van der Waals surface area (Å²) in [6, 6.07) is 6.86. The quantitative estimate of drug-likeness (QED) is 0.353. The van der Waals surface area contributed by atoms with Gasteiger partial charge in [-0.15, -0.1) is 0 Å².